The predicted molar refractivity (Wildman–Crippen MR) is 108 cm³/mol. The van der Waals surface area contributed by atoms with E-state index in [-0.39, 0.29) is 30.4 Å². The van der Waals surface area contributed by atoms with Crippen molar-refractivity contribution >= 4 is 34.9 Å². The molecule has 1 atom stereocenters. The smallest absolute Gasteiger partial charge is 0.317 e. The minimum atomic E-state index is -0.698. The fourth-order valence-electron chi connectivity index (χ4n) is 3.58. The number of fused-ring (bicyclic) bond motifs is 2. The lowest BCUT2D eigenvalue weighted by Crippen LogP contribution is -2.61. The highest BCUT2D eigenvalue weighted by Crippen LogP contribution is 2.31. The maximum Gasteiger partial charge on any atom is 0.317 e. The highest BCUT2D eigenvalue weighted by Gasteiger charge is 2.40. The minimum absolute atomic E-state index is 0.00917. The number of piperazine rings is 1. The lowest BCUT2D eigenvalue weighted by Gasteiger charge is -2.39. The number of anilines is 1. The predicted octanol–water partition coefficient (Wildman–Crippen LogP) is 2.61. The molecular weight excluding hydrogens is 376 g/mol. The quantitative estimate of drug-likeness (QED) is 0.816. The van der Waals surface area contributed by atoms with Gasteiger partial charge >= 0.3 is 6.03 Å². The Morgan fingerprint density at radius 3 is 2.75 bits per heavy atom. The third kappa shape index (κ3) is 3.35. The van der Waals surface area contributed by atoms with E-state index in [4.69, 9.17) is 0 Å². The Morgan fingerprint density at radius 1 is 1.21 bits per heavy atom. The normalized spacial score (nSPS) is 19.0. The molecule has 0 saturated carbocycles. The number of urea groups is 1. The maximum atomic E-state index is 13.2. The first-order chi connectivity index (χ1) is 13.4. The molecule has 0 aliphatic carbocycles. The van der Waals surface area contributed by atoms with E-state index >= 15 is 0 Å². The molecule has 1 aromatic heterocycles. The van der Waals surface area contributed by atoms with E-state index in [0.717, 1.165) is 11.1 Å². The van der Waals surface area contributed by atoms with Gasteiger partial charge < -0.3 is 20.4 Å². The van der Waals surface area contributed by atoms with Gasteiger partial charge in [-0.15, -0.1) is 0 Å². The second-order valence-electron chi connectivity index (χ2n) is 7.33. The largest absolute Gasteiger partial charge is 0.336 e. The lowest BCUT2D eigenvalue weighted by molar-refractivity contribution is -0.121. The van der Waals surface area contributed by atoms with Gasteiger partial charge in [-0.25, -0.2) is 4.79 Å². The van der Waals surface area contributed by atoms with Gasteiger partial charge in [-0.2, -0.15) is 11.3 Å². The number of rotatable bonds is 2. The summed E-state index contributed by atoms with van der Waals surface area (Å²) in [6.45, 7) is 4.68. The Balaban J connectivity index is 1.62. The number of nitrogens with one attached hydrogen (secondary N) is 2. The Bertz CT molecular complexity index is 926. The Hall–Kier alpha value is -2.87. The SMILES string of the molecule is CC(C)NC(=O)N1CCN2C(=O)c3cc(-c4ccsc4)ccc3NC(=O)C2C1. The third-order valence-corrected chi connectivity index (χ3v) is 5.69. The Labute approximate surface area is 167 Å². The van der Waals surface area contributed by atoms with Crippen molar-refractivity contribution in [3.8, 4) is 11.1 Å². The van der Waals surface area contributed by atoms with Crippen LogP contribution in [0.3, 0.4) is 0 Å². The molecule has 2 aliphatic heterocycles. The molecule has 4 rings (SSSR count). The van der Waals surface area contributed by atoms with Crippen molar-refractivity contribution in [2.45, 2.75) is 25.9 Å². The van der Waals surface area contributed by atoms with Crippen molar-refractivity contribution in [3.05, 3.63) is 40.6 Å². The van der Waals surface area contributed by atoms with Crippen LogP contribution in [0.1, 0.15) is 24.2 Å². The average molecular weight is 398 g/mol. The number of nitrogens with zero attached hydrogens (tertiary/aromatic N) is 2. The molecule has 7 nitrogen and oxygen atoms in total. The van der Waals surface area contributed by atoms with Crippen LogP contribution in [0.4, 0.5) is 10.5 Å². The molecule has 28 heavy (non-hydrogen) atoms. The van der Waals surface area contributed by atoms with Gasteiger partial charge in [0.25, 0.3) is 5.91 Å². The number of benzene rings is 1. The zero-order valence-electron chi connectivity index (χ0n) is 15.8. The number of carbonyl (C=O) groups is 3. The second kappa shape index (κ2) is 7.27. The van der Waals surface area contributed by atoms with E-state index in [2.05, 4.69) is 10.6 Å². The molecule has 8 heteroatoms. The van der Waals surface area contributed by atoms with E-state index in [0.29, 0.717) is 24.3 Å². The first kappa shape index (κ1) is 18.5. The summed E-state index contributed by atoms with van der Waals surface area (Å²) in [7, 11) is 0. The topological polar surface area (TPSA) is 81.8 Å². The van der Waals surface area contributed by atoms with Crippen LogP contribution >= 0.6 is 11.3 Å². The standard InChI is InChI=1S/C20H22N4O3S/c1-12(2)21-20(27)23-6-7-24-17(10-23)18(25)22-16-4-3-13(9-15(16)19(24)26)14-5-8-28-11-14/h3-5,8-9,11-12,17H,6-7,10H2,1-2H3,(H,21,27)(H,22,25). The number of amides is 4. The van der Waals surface area contributed by atoms with Gasteiger partial charge in [-0.05, 0) is 53.9 Å². The molecule has 2 N–H and O–H groups in total. The van der Waals surface area contributed by atoms with Crippen LogP contribution in [0.2, 0.25) is 0 Å². The maximum absolute atomic E-state index is 13.2. The van der Waals surface area contributed by atoms with Crippen molar-refractivity contribution in [1.29, 1.82) is 0 Å². The van der Waals surface area contributed by atoms with Crippen molar-refractivity contribution in [2.75, 3.05) is 25.0 Å². The summed E-state index contributed by atoms with van der Waals surface area (Å²) in [5, 5.41) is 9.72. The summed E-state index contributed by atoms with van der Waals surface area (Å²) >= 11 is 1.59. The third-order valence-electron chi connectivity index (χ3n) is 5.01. The van der Waals surface area contributed by atoms with E-state index in [9.17, 15) is 14.4 Å². The van der Waals surface area contributed by atoms with Gasteiger partial charge in [0.15, 0.2) is 0 Å². The molecule has 0 spiro atoms. The summed E-state index contributed by atoms with van der Waals surface area (Å²) in [5.74, 6) is -0.447. The second-order valence-corrected chi connectivity index (χ2v) is 8.11. The van der Waals surface area contributed by atoms with Gasteiger partial charge in [-0.1, -0.05) is 6.07 Å². The van der Waals surface area contributed by atoms with Crippen molar-refractivity contribution in [1.82, 2.24) is 15.1 Å². The van der Waals surface area contributed by atoms with Crippen molar-refractivity contribution < 1.29 is 14.4 Å². The van der Waals surface area contributed by atoms with E-state index in [1.807, 2.05) is 42.8 Å². The first-order valence-electron chi connectivity index (χ1n) is 9.28. The molecular formula is C20H22N4O3S. The van der Waals surface area contributed by atoms with Crippen LogP contribution in [-0.2, 0) is 4.79 Å². The molecule has 1 saturated heterocycles. The molecule has 0 bridgehead atoms. The van der Waals surface area contributed by atoms with Gasteiger partial charge in [0.05, 0.1) is 17.8 Å². The first-order valence-corrected chi connectivity index (χ1v) is 10.2. The highest BCUT2D eigenvalue weighted by atomic mass is 32.1. The lowest BCUT2D eigenvalue weighted by atomic mass is 10.0. The van der Waals surface area contributed by atoms with E-state index < -0.39 is 6.04 Å². The monoisotopic (exact) mass is 398 g/mol. The number of hydrogen-bond donors (Lipinski definition) is 2. The van der Waals surface area contributed by atoms with Crippen LogP contribution in [0.15, 0.2) is 35.0 Å². The Morgan fingerprint density at radius 2 is 2.04 bits per heavy atom. The Kier molecular flexibility index (Phi) is 4.80. The number of thiophene rings is 1. The molecule has 1 aromatic carbocycles. The summed E-state index contributed by atoms with van der Waals surface area (Å²) in [6.07, 6.45) is 0. The van der Waals surface area contributed by atoms with Crippen molar-refractivity contribution in [2.24, 2.45) is 0 Å². The van der Waals surface area contributed by atoms with E-state index in [1.54, 1.807) is 27.2 Å². The zero-order valence-corrected chi connectivity index (χ0v) is 16.6. The summed E-state index contributed by atoms with van der Waals surface area (Å²) in [4.78, 5) is 41.5. The molecule has 1 unspecified atom stereocenters. The number of carbonyl (C=O) groups excluding carboxylic acids is 3. The van der Waals surface area contributed by atoms with Crippen LogP contribution in [0.25, 0.3) is 11.1 Å². The molecule has 3 heterocycles. The molecule has 4 amide bonds. The summed E-state index contributed by atoms with van der Waals surface area (Å²) in [6, 6.07) is 6.62. The fraction of sp³-hybridized carbons (Fsp3) is 0.350. The average Bonchev–Trinajstić information content (AvgIpc) is 3.18. The van der Waals surface area contributed by atoms with Crippen LogP contribution in [0, 0.1) is 0 Å². The summed E-state index contributed by atoms with van der Waals surface area (Å²) in [5.41, 5.74) is 2.99. The van der Waals surface area contributed by atoms with Gasteiger partial charge in [0.1, 0.15) is 6.04 Å². The molecule has 0 radical (unpaired) electrons. The molecule has 2 aliphatic rings. The van der Waals surface area contributed by atoms with Gasteiger partial charge in [-0.3, -0.25) is 9.59 Å². The highest BCUT2D eigenvalue weighted by molar-refractivity contribution is 7.08. The minimum Gasteiger partial charge on any atom is -0.336 e. The van der Waals surface area contributed by atoms with Crippen LogP contribution in [-0.4, -0.2) is 59.4 Å². The van der Waals surface area contributed by atoms with Gasteiger partial charge in [0.2, 0.25) is 5.91 Å². The molecule has 2 aromatic rings. The van der Waals surface area contributed by atoms with Crippen LogP contribution in [0.5, 0.6) is 0 Å². The molecule has 1 fully saturated rings. The van der Waals surface area contributed by atoms with Crippen LogP contribution < -0.4 is 10.6 Å². The van der Waals surface area contributed by atoms with Crippen molar-refractivity contribution in [3.63, 3.8) is 0 Å². The number of hydrogen-bond acceptors (Lipinski definition) is 4. The molecule has 146 valence electrons. The zero-order chi connectivity index (χ0) is 19.8. The summed E-state index contributed by atoms with van der Waals surface area (Å²) < 4.78 is 0. The fourth-order valence-corrected chi connectivity index (χ4v) is 4.25. The van der Waals surface area contributed by atoms with Gasteiger partial charge in [0, 0.05) is 19.1 Å². The van der Waals surface area contributed by atoms with E-state index in [1.165, 1.54) is 0 Å².